The molecule has 1 unspecified atom stereocenters. The Labute approximate surface area is 146 Å². The molecule has 0 radical (unpaired) electrons. The van der Waals surface area contributed by atoms with Gasteiger partial charge in [0.15, 0.2) is 5.78 Å². The van der Waals surface area contributed by atoms with E-state index in [-0.39, 0.29) is 17.7 Å². The SMILES string of the molecule is CCCCC/C=C/CC1C=CC(=O)/C1=C\CCCCCC(=O)OC. The van der Waals surface area contributed by atoms with Crippen molar-refractivity contribution in [3.63, 3.8) is 0 Å². The standard InChI is InChI=1S/C21H32O3/c1-3-4-5-6-7-10-13-18-16-17-20(22)19(18)14-11-8-9-12-15-21(23)24-2/h7,10,14,16-18H,3-6,8-9,11-13,15H2,1-2H3/b10-7+,19-14-. The second-order valence-electron chi connectivity index (χ2n) is 6.37. The molecule has 0 aromatic heterocycles. The predicted octanol–water partition coefficient (Wildman–Crippen LogP) is 5.32. The lowest BCUT2D eigenvalue weighted by atomic mass is 9.96. The molecule has 0 heterocycles. The van der Waals surface area contributed by atoms with Gasteiger partial charge < -0.3 is 4.74 Å². The highest BCUT2D eigenvalue weighted by molar-refractivity contribution is 6.07. The lowest BCUT2D eigenvalue weighted by Crippen LogP contribution is -2.02. The second-order valence-corrected chi connectivity index (χ2v) is 6.37. The minimum absolute atomic E-state index is 0.144. The molecule has 0 bridgehead atoms. The molecule has 1 aliphatic carbocycles. The normalized spacial score (nSPS) is 18.8. The lowest BCUT2D eigenvalue weighted by molar-refractivity contribution is -0.140. The number of hydrogen-bond donors (Lipinski definition) is 0. The first-order valence-corrected chi connectivity index (χ1v) is 9.33. The summed E-state index contributed by atoms with van der Waals surface area (Å²) in [5.74, 6) is 0.262. The molecule has 0 aromatic rings. The highest BCUT2D eigenvalue weighted by atomic mass is 16.5. The first kappa shape index (κ1) is 20.4. The Balaban J connectivity index is 2.28. The molecule has 0 spiro atoms. The summed E-state index contributed by atoms with van der Waals surface area (Å²) in [6.07, 6.45) is 20.4. The molecule has 0 fully saturated rings. The largest absolute Gasteiger partial charge is 0.469 e. The number of esters is 1. The lowest BCUT2D eigenvalue weighted by Gasteiger charge is -2.07. The van der Waals surface area contributed by atoms with Gasteiger partial charge in [-0.1, -0.05) is 50.5 Å². The van der Waals surface area contributed by atoms with E-state index >= 15 is 0 Å². The molecule has 1 aliphatic rings. The van der Waals surface area contributed by atoms with E-state index in [1.165, 1.54) is 26.4 Å². The van der Waals surface area contributed by atoms with Crippen molar-refractivity contribution < 1.29 is 14.3 Å². The van der Waals surface area contributed by atoms with Gasteiger partial charge >= 0.3 is 5.97 Å². The number of rotatable bonds is 12. The van der Waals surface area contributed by atoms with Crippen LogP contribution in [0.2, 0.25) is 0 Å². The zero-order valence-electron chi connectivity index (χ0n) is 15.3. The number of unbranched alkanes of at least 4 members (excludes halogenated alkanes) is 6. The van der Waals surface area contributed by atoms with E-state index in [0.717, 1.165) is 44.1 Å². The summed E-state index contributed by atoms with van der Waals surface area (Å²) in [4.78, 5) is 23.0. The van der Waals surface area contributed by atoms with Crippen LogP contribution in [0.4, 0.5) is 0 Å². The summed E-state index contributed by atoms with van der Waals surface area (Å²) in [5, 5.41) is 0. The van der Waals surface area contributed by atoms with E-state index in [9.17, 15) is 9.59 Å². The summed E-state index contributed by atoms with van der Waals surface area (Å²) in [6.45, 7) is 2.21. The molecule has 134 valence electrons. The van der Waals surface area contributed by atoms with Crippen LogP contribution < -0.4 is 0 Å². The molecule has 0 saturated carbocycles. The van der Waals surface area contributed by atoms with Crippen molar-refractivity contribution >= 4 is 11.8 Å². The van der Waals surface area contributed by atoms with E-state index in [0.29, 0.717) is 6.42 Å². The molecule has 0 aliphatic heterocycles. The molecule has 0 amide bonds. The van der Waals surface area contributed by atoms with E-state index in [1.54, 1.807) is 6.08 Å². The number of ether oxygens (including phenoxy) is 1. The Hall–Kier alpha value is -1.64. The Morgan fingerprint density at radius 2 is 1.92 bits per heavy atom. The van der Waals surface area contributed by atoms with Crippen LogP contribution in [-0.4, -0.2) is 18.9 Å². The average Bonchev–Trinajstić information content (AvgIpc) is 2.94. The number of ketones is 1. The zero-order valence-corrected chi connectivity index (χ0v) is 15.3. The molecule has 3 nitrogen and oxygen atoms in total. The van der Waals surface area contributed by atoms with Gasteiger partial charge in [-0.2, -0.15) is 0 Å². The van der Waals surface area contributed by atoms with Crippen LogP contribution in [0.3, 0.4) is 0 Å². The monoisotopic (exact) mass is 332 g/mol. The summed E-state index contributed by atoms with van der Waals surface area (Å²) < 4.78 is 4.62. The van der Waals surface area contributed by atoms with E-state index in [2.05, 4.69) is 29.9 Å². The molecular weight excluding hydrogens is 300 g/mol. The van der Waals surface area contributed by atoms with Gasteiger partial charge in [0.1, 0.15) is 0 Å². The highest BCUT2D eigenvalue weighted by Crippen LogP contribution is 2.26. The van der Waals surface area contributed by atoms with Gasteiger partial charge in [0.2, 0.25) is 0 Å². The van der Waals surface area contributed by atoms with Gasteiger partial charge in [-0.25, -0.2) is 0 Å². The zero-order chi connectivity index (χ0) is 17.6. The molecular formula is C21H32O3. The maximum Gasteiger partial charge on any atom is 0.305 e. The van der Waals surface area contributed by atoms with Gasteiger partial charge in [0, 0.05) is 17.9 Å². The highest BCUT2D eigenvalue weighted by Gasteiger charge is 2.21. The van der Waals surface area contributed by atoms with Crippen molar-refractivity contribution in [1.29, 1.82) is 0 Å². The summed E-state index contributed by atoms with van der Waals surface area (Å²) in [7, 11) is 1.42. The van der Waals surface area contributed by atoms with E-state index in [4.69, 9.17) is 0 Å². The Kier molecular flexibility index (Phi) is 10.8. The second kappa shape index (κ2) is 12.7. The molecule has 1 atom stereocenters. The predicted molar refractivity (Wildman–Crippen MR) is 98.7 cm³/mol. The van der Waals surface area contributed by atoms with Crippen molar-refractivity contribution in [3.8, 4) is 0 Å². The Morgan fingerprint density at radius 3 is 2.67 bits per heavy atom. The fraction of sp³-hybridized carbons (Fsp3) is 0.619. The van der Waals surface area contributed by atoms with Crippen molar-refractivity contribution in [2.75, 3.05) is 7.11 Å². The van der Waals surface area contributed by atoms with Gasteiger partial charge in [-0.15, -0.1) is 0 Å². The van der Waals surface area contributed by atoms with Crippen LogP contribution in [0.15, 0.2) is 36.0 Å². The molecule has 24 heavy (non-hydrogen) atoms. The third-order valence-electron chi connectivity index (χ3n) is 4.37. The number of carbonyl (C=O) groups excluding carboxylic acids is 2. The first-order chi connectivity index (χ1) is 11.7. The van der Waals surface area contributed by atoms with E-state index in [1.807, 2.05) is 6.08 Å². The fourth-order valence-electron chi connectivity index (χ4n) is 2.87. The van der Waals surface area contributed by atoms with Gasteiger partial charge in [-0.05, 0) is 44.6 Å². The van der Waals surface area contributed by atoms with Crippen LogP contribution in [0.5, 0.6) is 0 Å². The molecule has 1 rings (SSSR count). The summed E-state index contributed by atoms with van der Waals surface area (Å²) in [5.41, 5.74) is 0.946. The van der Waals surface area contributed by atoms with Crippen molar-refractivity contribution in [3.05, 3.63) is 36.0 Å². The van der Waals surface area contributed by atoms with Crippen LogP contribution in [-0.2, 0) is 14.3 Å². The van der Waals surface area contributed by atoms with Crippen LogP contribution >= 0.6 is 0 Å². The number of carbonyl (C=O) groups is 2. The number of allylic oxidation sites excluding steroid dienone is 6. The Morgan fingerprint density at radius 1 is 1.12 bits per heavy atom. The maximum atomic E-state index is 12.0. The van der Waals surface area contributed by atoms with Crippen LogP contribution in [0.1, 0.15) is 71.1 Å². The smallest absolute Gasteiger partial charge is 0.305 e. The van der Waals surface area contributed by atoms with Crippen molar-refractivity contribution in [2.45, 2.75) is 71.1 Å². The van der Waals surface area contributed by atoms with Gasteiger partial charge in [0.05, 0.1) is 7.11 Å². The quantitative estimate of drug-likeness (QED) is 0.210. The first-order valence-electron chi connectivity index (χ1n) is 9.33. The summed E-state index contributed by atoms with van der Waals surface area (Å²) >= 11 is 0. The minimum atomic E-state index is -0.144. The molecule has 0 N–H and O–H groups in total. The van der Waals surface area contributed by atoms with Crippen molar-refractivity contribution in [1.82, 2.24) is 0 Å². The third-order valence-corrected chi connectivity index (χ3v) is 4.37. The van der Waals surface area contributed by atoms with Gasteiger partial charge in [0.25, 0.3) is 0 Å². The Bertz CT molecular complexity index is 471. The number of methoxy groups -OCH3 is 1. The third kappa shape index (κ3) is 8.28. The average molecular weight is 332 g/mol. The van der Waals surface area contributed by atoms with Crippen LogP contribution in [0.25, 0.3) is 0 Å². The topological polar surface area (TPSA) is 43.4 Å². The molecule has 0 aromatic carbocycles. The number of hydrogen-bond acceptors (Lipinski definition) is 3. The minimum Gasteiger partial charge on any atom is -0.469 e. The molecule has 3 heteroatoms. The van der Waals surface area contributed by atoms with Crippen LogP contribution in [0, 0.1) is 5.92 Å². The van der Waals surface area contributed by atoms with Crippen molar-refractivity contribution in [2.24, 2.45) is 5.92 Å². The summed E-state index contributed by atoms with van der Waals surface area (Å²) in [6, 6.07) is 0. The fourth-order valence-corrected chi connectivity index (χ4v) is 2.87. The van der Waals surface area contributed by atoms with Gasteiger partial charge in [-0.3, -0.25) is 9.59 Å². The maximum absolute atomic E-state index is 12.0. The molecule has 0 saturated heterocycles. The van der Waals surface area contributed by atoms with E-state index < -0.39 is 0 Å².